The average molecular weight is 268 g/mol. The van der Waals surface area contributed by atoms with Gasteiger partial charge in [0, 0.05) is 0 Å². The van der Waals surface area contributed by atoms with E-state index in [9.17, 15) is 0 Å². The molecule has 0 rings (SSSR count). The zero-order valence-corrected chi connectivity index (χ0v) is 11.2. The predicted octanol–water partition coefficient (Wildman–Crippen LogP) is -0.438. The summed E-state index contributed by atoms with van der Waals surface area (Å²) in [6.45, 7) is 10.1. The maximum Gasteiger partial charge on any atom is 0.662 e. The van der Waals surface area contributed by atoms with Crippen LogP contribution in [0.3, 0.4) is 0 Å². The zero-order valence-electron chi connectivity index (χ0n) is 11.2. The second-order valence-corrected chi connectivity index (χ2v) is 3.14. The Labute approximate surface area is 113 Å². The van der Waals surface area contributed by atoms with Crippen molar-refractivity contribution < 1.29 is 19.7 Å². The van der Waals surface area contributed by atoms with E-state index in [1.807, 2.05) is 0 Å². The quantitative estimate of drug-likeness (QED) is 0.376. The Balaban J connectivity index is 0. The van der Waals surface area contributed by atoms with Crippen LogP contribution in [0.4, 0.5) is 0 Å². The van der Waals surface area contributed by atoms with E-state index in [0.29, 0.717) is 0 Å². The van der Waals surface area contributed by atoms with E-state index in [-0.39, 0.29) is 0 Å². The highest BCUT2D eigenvalue weighted by Gasteiger charge is 2.34. The van der Waals surface area contributed by atoms with Gasteiger partial charge in [-0.25, -0.2) is 4.81 Å². The Morgan fingerprint density at radius 2 is 1.37 bits per heavy atom. The van der Waals surface area contributed by atoms with Gasteiger partial charge in [-0.15, -0.1) is 0 Å². The molecule has 0 aromatic carbocycles. The van der Waals surface area contributed by atoms with Gasteiger partial charge in [-0.05, 0) is 19.6 Å². The lowest BCUT2D eigenvalue weighted by Crippen LogP contribution is -2.31. The number of hydrogen-bond donors (Lipinski definition) is 2. The minimum absolute atomic E-state index is 1.18. The number of hydrogen-bond acceptors (Lipinski definition) is 8. The second-order valence-electron chi connectivity index (χ2n) is 3.14. The van der Waals surface area contributed by atoms with Crippen molar-refractivity contribution in [2.45, 2.75) is 26.4 Å². The van der Waals surface area contributed by atoms with Gasteiger partial charge in [0.1, 0.15) is 18.2 Å². The van der Waals surface area contributed by atoms with Crippen LogP contribution < -0.4 is 0 Å². The Kier molecular flexibility index (Phi) is 11.8. The van der Waals surface area contributed by atoms with E-state index >= 15 is 0 Å². The van der Waals surface area contributed by atoms with E-state index in [2.05, 4.69) is 35.4 Å². The molecule has 2 N–H and O–H groups in total. The molecule has 0 radical (unpaired) electrons. The summed E-state index contributed by atoms with van der Waals surface area (Å²) in [6, 6.07) is 3.54. The summed E-state index contributed by atoms with van der Waals surface area (Å²) in [5.41, 5.74) is -2.47. The van der Waals surface area contributed by atoms with Crippen molar-refractivity contribution in [1.82, 2.24) is 4.90 Å². The standard InChI is InChI=1S/C6H15N.C4H2BN3O4/c1-4-7(5-2)6-3;6-1-4(2-7,3-8)11-12-5(9)10/h4-6H2,1-3H3;9-10H. The topological polar surface area (TPSA) is 134 Å². The monoisotopic (exact) mass is 268 g/mol. The molecule has 0 atom stereocenters. The van der Waals surface area contributed by atoms with Crippen LogP contribution in [0.15, 0.2) is 0 Å². The fourth-order valence-corrected chi connectivity index (χ4v) is 0.917. The van der Waals surface area contributed by atoms with E-state index in [1.165, 1.54) is 37.8 Å². The molecule has 0 amide bonds. The summed E-state index contributed by atoms with van der Waals surface area (Å²) < 4.78 is 0. The lowest BCUT2D eigenvalue weighted by molar-refractivity contribution is -0.262. The smallest absolute Gasteiger partial charge is 0.400 e. The maximum absolute atomic E-state index is 8.23. The SMILES string of the molecule is CCN(CC)CC.N#CC(C#N)(C#N)OOB(O)O. The Morgan fingerprint density at radius 3 is 1.53 bits per heavy atom. The van der Waals surface area contributed by atoms with Gasteiger partial charge in [0.15, 0.2) is 0 Å². The molecule has 8 nitrogen and oxygen atoms in total. The minimum Gasteiger partial charge on any atom is -0.400 e. The molecule has 0 saturated carbocycles. The van der Waals surface area contributed by atoms with Gasteiger partial charge in [-0.2, -0.15) is 20.7 Å². The van der Waals surface area contributed by atoms with Crippen LogP contribution in [-0.4, -0.2) is 47.5 Å². The van der Waals surface area contributed by atoms with E-state index < -0.39 is 12.9 Å². The first kappa shape index (κ1) is 19.7. The highest BCUT2D eigenvalue weighted by molar-refractivity contribution is 6.32. The van der Waals surface area contributed by atoms with Crippen molar-refractivity contribution in [1.29, 1.82) is 15.8 Å². The molecule has 0 heterocycles. The first-order valence-corrected chi connectivity index (χ1v) is 5.61. The molecule has 104 valence electrons. The number of nitriles is 3. The zero-order chi connectivity index (χ0) is 15.3. The van der Waals surface area contributed by atoms with Gasteiger partial charge in [-0.1, -0.05) is 20.8 Å². The molecule has 0 aliphatic carbocycles. The molecule has 0 aliphatic rings. The van der Waals surface area contributed by atoms with E-state index in [4.69, 9.17) is 25.8 Å². The molecule has 0 spiro atoms. The molecule has 0 aromatic rings. The minimum atomic E-state index is -2.47. The molecule has 0 unspecified atom stereocenters. The van der Waals surface area contributed by atoms with Crippen molar-refractivity contribution in [3.63, 3.8) is 0 Å². The number of rotatable bonds is 6. The van der Waals surface area contributed by atoms with Crippen molar-refractivity contribution >= 4 is 7.32 Å². The van der Waals surface area contributed by atoms with E-state index in [0.717, 1.165) is 0 Å². The van der Waals surface area contributed by atoms with Gasteiger partial charge in [-0.3, -0.25) is 0 Å². The molecule has 0 saturated heterocycles. The molecular formula is C10H17BN4O4. The van der Waals surface area contributed by atoms with Crippen molar-refractivity contribution in [2.75, 3.05) is 19.6 Å². The average Bonchev–Trinajstić information content (AvgIpc) is 2.43. The Hall–Kier alpha value is -1.67. The molecule has 19 heavy (non-hydrogen) atoms. The molecule has 0 fully saturated rings. The first-order valence-electron chi connectivity index (χ1n) is 5.61. The van der Waals surface area contributed by atoms with Gasteiger partial charge in [0.2, 0.25) is 0 Å². The molecule has 0 aliphatic heterocycles. The second kappa shape index (κ2) is 11.4. The summed E-state index contributed by atoms with van der Waals surface area (Å²) in [4.78, 5) is 9.85. The van der Waals surface area contributed by atoms with Gasteiger partial charge >= 0.3 is 12.9 Å². The van der Waals surface area contributed by atoms with Crippen LogP contribution in [0.2, 0.25) is 0 Å². The molecule has 9 heteroatoms. The summed E-state index contributed by atoms with van der Waals surface area (Å²) in [5.74, 6) is 0. The maximum atomic E-state index is 8.23. The molecule has 0 aromatic heterocycles. The normalized spacial score (nSPS) is 9.63. The largest absolute Gasteiger partial charge is 0.662 e. The highest BCUT2D eigenvalue weighted by atomic mass is 17.2. The predicted molar refractivity (Wildman–Crippen MR) is 65.4 cm³/mol. The third kappa shape index (κ3) is 8.98. The van der Waals surface area contributed by atoms with Crippen molar-refractivity contribution in [2.24, 2.45) is 0 Å². The summed E-state index contributed by atoms with van der Waals surface area (Å²) in [5, 5.41) is 40.8. The van der Waals surface area contributed by atoms with Crippen LogP contribution in [0.5, 0.6) is 0 Å². The lowest BCUT2D eigenvalue weighted by atomic mass is 10.1. The highest BCUT2D eigenvalue weighted by Crippen LogP contribution is 2.07. The lowest BCUT2D eigenvalue weighted by Gasteiger charge is -2.13. The molecular weight excluding hydrogens is 251 g/mol. The van der Waals surface area contributed by atoms with Gasteiger partial charge in [0.25, 0.3) is 0 Å². The third-order valence-corrected chi connectivity index (χ3v) is 2.07. The van der Waals surface area contributed by atoms with Crippen LogP contribution in [0.1, 0.15) is 20.8 Å². The number of nitrogens with zero attached hydrogens (tertiary/aromatic N) is 4. The van der Waals surface area contributed by atoms with Crippen molar-refractivity contribution in [3.8, 4) is 18.2 Å². The van der Waals surface area contributed by atoms with Gasteiger partial charge < -0.3 is 14.9 Å². The van der Waals surface area contributed by atoms with Crippen molar-refractivity contribution in [3.05, 3.63) is 0 Å². The summed E-state index contributed by atoms with van der Waals surface area (Å²) in [7, 11) is -2.31. The Morgan fingerprint density at radius 1 is 1.00 bits per heavy atom. The first-order chi connectivity index (χ1) is 8.94. The summed E-state index contributed by atoms with van der Waals surface area (Å²) >= 11 is 0. The van der Waals surface area contributed by atoms with Crippen LogP contribution >= 0.6 is 0 Å². The summed E-state index contributed by atoms with van der Waals surface area (Å²) in [6.07, 6.45) is 0. The fraction of sp³-hybridized carbons (Fsp3) is 0.700. The van der Waals surface area contributed by atoms with Crippen LogP contribution in [0, 0.1) is 34.0 Å². The van der Waals surface area contributed by atoms with E-state index in [1.54, 1.807) is 0 Å². The fourth-order valence-electron chi connectivity index (χ4n) is 0.917. The third-order valence-electron chi connectivity index (χ3n) is 2.07. The van der Waals surface area contributed by atoms with Crippen LogP contribution in [-0.2, 0) is 9.69 Å². The Bertz CT molecular complexity index is 312. The molecule has 0 bridgehead atoms. The van der Waals surface area contributed by atoms with Gasteiger partial charge in [0.05, 0.1) is 0 Å². The van der Waals surface area contributed by atoms with Crippen LogP contribution in [0.25, 0.3) is 0 Å².